The van der Waals surface area contributed by atoms with Crippen LogP contribution in [0.3, 0.4) is 0 Å². The summed E-state index contributed by atoms with van der Waals surface area (Å²) < 4.78 is 5.31. The fraction of sp³-hybridized carbons (Fsp3) is 0.111. The third-order valence-electron chi connectivity index (χ3n) is 3.39. The number of aromatic nitrogens is 1. The van der Waals surface area contributed by atoms with E-state index in [9.17, 15) is 5.26 Å². The summed E-state index contributed by atoms with van der Waals surface area (Å²) in [5, 5.41) is 11.2. The van der Waals surface area contributed by atoms with Crippen molar-refractivity contribution in [1.82, 2.24) is 4.98 Å². The number of ether oxygens (including phenoxy) is 1. The minimum absolute atomic E-state index is 0.552. The zero-order valence-electron chi connectivity index (χ0n) is 12.1. The molecule has 1 heterocycles. The summed E-state index contributed by atoms with van der Waals surface area (Å²) in [5.74, 6) is 1.41. The van der Waals surface area contributed by atoms with Crippen molar-refractivity contribution < 1.29 is 4.74 Å². The van der Waals surface area contributed by atoms with E-state index in [1.807, 2.05) is 36.4 Å². The first-order valence-electron chi connectivity index (χ1n) is 6.86. The molecular formula is C18H14N2OS. The Labute approximate surface area is 133 Å². The van der Waals surface area contributed by atoms with E-state index in [-0.39, 0.29) is 0 Å². The van der Waals surface area contributed by atoms with Gasteiger partial charge in [-0.25, -0.2) is 4.98 Å². The van der Waals surface area contributed by atoms with Crippen LogP contribution in [0.1, 0.15) is 11.1 Å². The first-order chi connectivity index (χ1) is 10.8. The predicted molar refractivity (Wildman–Crippen MR) is 89.0 cm³/mol. The molecule has 0 atom stereocenters. The second-order valence-electron chi connectivity index (χ2n) is 4.75. The lowest BCUT2D eigenvalue weighted by atomic mass is 10.1. The van der Waals surface area contributed by atoms with E-state index in [1.165, 1.54) is 5.56 Å². The second-order valence-corrected chi connectivity index (χ2v) is 5.76. The highest BCUT2D eigenvalue weighted by molar-refractivity contribution is 7.98. The maximum absolute atomic E-state index is 9.37. The molecule has 0 saturated heterocycles. The van der Waals surface area contributed by atoms with Crippen molar-refractivity contribution in [3.05, 3.63) is 65.9 Å². The van der Waals surface area contributed by atoms with Gasteiger partial charge in [-0.1, -0.05) is 36.4 Å². The largest absolute Gasteiger partial charge is 0.481 e. The van der Waals surface area contributed by atoms with Crippen LogP contribution in [0.15, 0.2) is 59.6 Å². The smallest absolute Gasteiger partial charge is 0.221 e. The van der Waals surface area contributed by atoms with Crippen LogP contribution in [0.5, 0.6) is 5.88 Å². The maximum Gasteiger partial charge on any atom is 0.221 e. The van der Waals surface area contributed by atoms with Gasteiger partial charge in [-0.15, -0.1) is 11.8 Å². The van der Waals surface area contributed by atoms with Crippen molar-refractivity contribution in [3.8, 4) is 11.9 Å². The molecule has 1 aromatic heterocycles. The maximum atomic E-state index is 9.37. The van der Waals surface area contributed by atoms with Crippen molar-refractivity contribution in [3.63, 3.8) is 0 Å². The fourth-order valence-electron chi connectivity index (χ4n) is 2.35. The number of hydrogen-bond donors (Lipinski definition) is 0. The molecule has 0 saturated carbocycles. The molecule has 2 aromatic carbocycles. The summed E-state index contributed by atoms with van der Waals surface area (Å²) in [6.07, 6.45) is 1.58. The van der Waals surface area contributed by atoms with Gasteiger partial charge in [0, 0.05) is 27.6 Å². The lowest BCUT2D eigenvalue weighted by Crippen LogP contribution is -1.93. The van der Waals surface area contributed by atoms with Gasteiger partial charge in [0.2, 0.25) is 5.88 Å². The molecule has 0 bridgehead atoms. The van der Waals surface area contributed by atoms with Gasteiger partial charge in [-0.2, -0.15) is 5.26 Å². The van der Waals surface area contributed by atoms with Crippen LogP contribution in [0.2, 0.25) is 0 Å². The molecule has 3 rings (SSSR count). The molecule has 0 amide bonds. The average Bonchev–Trinajstić information content (AvgIpc) is 2.59. The Kier molecular flexibility index (Phi) is 4.27. The Morgan fingerprint density at radius 3 is 2.68 bits per heavy atom. The highest BCUT2D eigenvalue weighted by Gasteiger charge is 2.12. The molecule has 0 aliphatic rings. The minimum atomic E-state index is 0.552. The molecule has 3 nitrogen and oxygen atoms in total. The molecule has 0 radical (unpaired) electrons. The number of fused-ring (bicyclic) bond motifs is 1. The van der Waals surface area contributed by atoms with Gasteiger partial charge >= 0.3 is 0 Å². The molecule has 22 heavy (non-hydrogen) atoms. The van der Waals surface area contributed by atoms with Crippen molar-refractivity contribution in [2.45, 2.75) is 10.6 Å². The van der Waals surface area contributed by atoms with Gasteiger partial charge in [0.15, 0.2) is 0 Å². The van der Waals surface area contributed by atoms with Crippen LogP contribution in [0.4, 0.5) is 0 Å². The first-order valence-corrected chi connectivity index (χ1v) is 7.84. The predicted octanol–water partition coefficient (Wildman–Crippen LogP) is 4.41. The molecule has 0 aliphatic heterocycles. The third kappa shape index (κ3) is 2.76. The molecule has 3 aromatic rings. The lowest BCUT2D eigenvalue weighted by molar-refractivity contribution is 0.403. The summed E-state index contributed by atoms with van der Waals surface area (Å²) in [4.78, 5) is 5.27. The van der Waals surface area contributed by atoms with Crippen LogP contribution in [-0.2, 0) is 5.75 Å². The van der Waals surface area contributed by atoms with Crippen molar-refractivity contribution in [2.24, 2.45) is 0 Å². The number of hydrogen-bond acceptors (Lipinski definition) is 4. The quantitative estimate of drug-likeness (QED) is 0.670. The number of methoxy groups -OCH3 is 1. The third-order valence-corrected chi connectivity index (χ3v) is 4.52. The number of nitrogens with zero attached hydrogens (tertiary/aromatic N) is 2. The highest BCUT2D eigenvalue weighted by atomic mass is 32.2. The van der Waals surface area contributed by atoms with Crippen molar-refractivity contribution in [2.75, 3.05) is 7.11 Å². The van der Waals surface area contributed by atoms with Crippen LogP contribution < -0.4 is 4.74 Å². The molecule has 108 valence electrons. The van der Waals surface area contributed by atoms with Crippen LogP contribution >= 0.6 is 11.8 Å². The number of benzene rings is 2. The minimum Gasteiger partial charge on any atom is -0.481 e. The van der Waals surface area contributed by atoms with Gasteiger partial charge in [0.05, 0.1) is 12.7 Å². The van der Waals surface area contributed by atoms with E-state index in [0.29, 0.717) is 11.4 Å². The van der Waals surface area contributed by atoms with Gasteiger partial charge < -0.3 is 4.74 Å². The summed E-state index contributed by atoms with van der Waals surface area (Å²) in [5.41, 5.74) is 1.83. The fourth-order valence-corrected chi connectivity index (χ4v) is 3.40. The molecule has 0 N–H and O–H groups in total. The SMILES string of the molecule is COc1ncc(C#N)c2c(SCc3ccccc3)cccc12. The summed E-state index contributed by atoms with van der Waals surface area (Å²) in [6, 6.07) is 18.5. The second kappa shape index (κ2) is 6.50. The van der Waals surface area contributed by atoms with Gasteiger partial charge in [-0.05, 0) is 17.7 Å². The van der Waals surface area contributed by atoms with Gasteiger partial charge in [0.25, 0.3) is 0 Å². The highest BCUT2D eigenvalue weighted by Crippen LogP contribution is 2.35. The van der Waals surface area contributed by atoms with E-state index in [1.54, 1.807) is 25.1 Å². The molecule has 0 unspecified atom stereocenters. The Bertz CT molecular complexity index is 841. The van der Waals surface area contributed by atoms with E-state index < -0.39 is 0 Å². The van der Waals surface area contributed by atoms with E-state index >= 15 is 0 Å². The standard InChI is InChI=1S/C18H14N2OS/c1-21-18-15-8-5-9-16(17(15)14(10-19)11-20-18)22-12-13-6-3-2-4-7-13/h2-9,11H,12H2,1H3. The molecular weight excluding hydrogens is 292 g/mol. The summed E-state index contributed by atoms with van der Waals surface area (Å²) >= 11 is 1.72. The van der Waals surface area contributed by atoms with Crippen LogP contribution in [0, 0.1) is 11.3 Å². The molecule has 0 spiro atoms. The van der Waals surface area contributed by atoms with Gasteiger partial charge in [-0.3, -0.25) is 0 Å². The zero-order chi connectivity index (χ0) is 15.4. The number of nitriles is 1. The molecule has 4 heteroatoms. The zero-order valence-corrected chi connectivity index (χ0v) is 12.9. The van der Waals surface area contributed by atoms with Crippen LogP contribution in [-0.4, -0.2) is 12.1 Å². The normalized spacial score (nSPS) is 10.4. The van der Waals surface area contributed by atoms with Crippen molar-refractivity contribution >= 4 is 22.5 Å². The Hall–Kier alpha value is -2.51. The monoisotopic (exact) mass is 306 g/mol. The van der Waals surface area contributed by atoms with E-state index in [0.717, 1.165) is 21.4 Å². The first kappa shape index (κ1) is 14.4. The van der Waals surface area contributed by atoms with Crippen molar-refractivity contribution in [1.29, 1.82) is 5.26 Å². The summed E-state index contributed by atoms with van der Waals surface area (Å²) in [6.45, 7) is 0. The number of pyridine rings is 1. The summed E-state index contributed by atoms with van der Waals surface area (Å²) in [7, 11) is 1.59. The molecule has 0 fully saturated rings. The van der Waals surface area contributed by atoms with E-state index in [2.05, 4.69) is 23.2 Å². The topological polar surface area (TPSA) is 45.9 Å². The van der Waals surface area contributed by atoms with Crippen LogP contribution in [0.25, 0.3) is 10.8 Å². The average molecular weight is 306 g/mol. The van der Waals surface area contributed by atoms with E-state index in [4.69, 9.17) is 4.74 Å². The Morgan fingerprint density at radius 2 is 1.95 bits per heavy atom. The number of rotatable bonds is 4. The van der Waals surface area contributed by atoms with Gasteiger partial charge in [0.1, 0.15) is 6.07 Å². The lowest BCUT2D eigenvalue weighted by Gasteiger charge is -2.10. The number of thioether (sulfide) groups is 1. The Morgan fingerprint density at radius 1 is 1.14 bits per heavy atom. The molecule has 0 aliphatic carbocycles. The Balaban J connectivity index is 2.04.